The number of carbonyl (C=O) groups is 1. The highest BCUT2D eigenvalue weighted by atomic mass is 32.2. The van der Waals surface area contributed by atoms with E-state index < -0.39 is 0 Å². The summed E-state index contributed by atoms with van der Waals surface area (Å²) in [5.41, 5.74) is 4.01. The van der Waals surface area contributed by atoms with Crippen LogP contribution in [0.15, 0.2) is 60.0 Å². The SMILES string of the molecule is Cc1ccc(N(CCC#N)C(=O)CSc2nncn2-c2ccccc2C)cc1. The molecule has 1 heterocycles. The molecule has 7 heteroatoms. The summed E-state index contributed by atoms with van der Waals surface area (Å²) in [4.78, 5) is 14.5. The van der Waals surface area contributed by atoms with E-state index in [1.54, 1.807) is 11.2 Å². The van der Waals surface area contributed by atoms with Crippen LogP contribution in [0, 0.1) is 25.2 Å². The topological polar surface area (TPSA) is 74.8 Å². The maximum atomic E-state index is 12.9. The van der Waals surface area contributed by atoms with Gasteiger partial charge in [-0.15, -0.1) is 10.2 Å². The summed E-state index contributed by atoms with van der Waals surface area (Å²) in [6, 6.07) is 17.8. The molecule has 0 aliphatic heterocycles. The van der Waals surface area contributed by atoms with E-state index in [4.69, 9.17) is 5.26 Å². The number of thioether (sulfide) groups is 1. The van der Waals surface area contributed by atoms with Gasteiger partial charge in [0, 0.05) is 12.2 Å². The van der Waals surface area contributed by atoms with E-state index in [9.17, 15) is 4.79 Å². The van der Waals surface area contributed by atoms with Crippen LogP contribution in [0.5, 0.6) is 0 Å². The van der Waals surface area contributed by atoms with Gasteiger partial charge in [0.2, 0.25) is 5.91 Å². The van der Waals surface area contributed by atoms with Crippen molar-refractivity contribution in [3.63, 3.8) is 0 Å². The minimum Gasteiger partial charge on any atom is -0.311 e. The lowest BCUT2D eigenvalue weighted by molar-refractivity contribution is -0.116. The molecule has 0 saturated heterocycles. The number of hydrogen-bond donors (Lipinski definition) is 0. The molecule has 0 N–H and O–H groups in total. The number of amides is 1. The lowest BCUT2D eigenvalue weighted by Crippen LogP contribution is -2.33. The van der Waals surface area contributed by atoms with Crippen molar-refractivity contribution in [1.82, 2.24) is 14.8 Å². The Hall–Kier alpha value is -3.11. The molecule has 0 atom stereocenters. The molecule has 3 aromatic rings. The van der Waals surface area contributed by atoms with Crippen LogP contribution < -0.4 is 4.90 Å². The molecular weight excluding hydrogens is 370 g/mol. The molecule has 0 aliphatic rings. The van der Waals surface area contributed by atoms with Crippen LogP contribution in [0.25, 0.3) is 5.69 Å². The van der Waals surface area contributed by atoms with Crippen LogP contribution in [0.4, 0.5) is 5.69 Å². The first-order chi connectivity index (χ1) is 13.6. The quantitative estimate of drug-likeness (QED) is 0.571. The van der Waals surface area contributed by atoms with Crippen molar-refractivity contribution in [3.8, 4) is 11.8 Å². The molecule has 28 heavy (non-hydrogen) atoms. The van der Waals surface area contributed by atoms with Gasteiger partial charge in [-0.25, -0.2) is 0 Å². The Morgan fingerprint density at radius 3 is 2.64 bits per heavy atom. The lowest BCUT2D eigenvalue weighted by atomic mass is 10.2. The second-order valence-electron chi connectivity index (χ2n) is 6.35. The molecule has 6 nitrogen and oxygen atoms in total. The van der Waals surface area contributed by atoms with E-state index in [1.807, 2.05) is 66.9 Å². The molecule has 0 bridgehead atoms. The van der Waals surface area contributed by atoms with E-state index in [0.717, 1.165) is 22.5 Å². The maximum Gasteiger partial charge on any atom is 0.237 e. The summed E-state index contributed by atoms with van der Waals surface area (Å²) in [5.74, 6) is 0.146. The molecular formula is C21H21N5OS. The predicted octanol–water partition coefficient (Wildman–Crippen LogP) is 3.92. The first-order valence-electron chi connectivity index (χ1n) is 8.93. The number of aromatic nitrogens is 3. The Kier molecular flexibility index (Phi) is 6.45. The number of hydrogen-bond acceptors (Lipinski definition) is 5. The van der Waals surface area contributed by atoms with Crippen molar-refractivity contribution < 1.29 is 4.79 Å². The summed E-state index contributed by atoms with van der Waals surface area (Å²) in [7, 11) is 0. The predicted molar refractivity (Wildman–Crippen MR) is 111 cm³/mol. The van der Waals surface area contributed by atoms with Gasteiger partial charge in [-0.2, -0.15) is 5.26 Å². The lowest BCUT2D eigenvalue weighted by Gasteiger charge is -2.22. The highest BCUT2D eigenvalue weighted by Gasteiger charge is 2.18. The van der Waals surface area contributed by atoms with Gasteiger partial charge in [0.25, 0.3) is 0 Å². The minimum atomic E-state index is -0.0663. The molecule has 0 unspecified atom stereocenters. The van der Waals surface area contributed by atoms with Gasteiger partial charge in [-0.1, -0.05) is 47.7 Å². The van der Waals surface area contributed by atoms with Crippen LogP contribution in [-0.4, -0.2) is 33.0 Å². The number of nitriles is 1. The Morgan fingerprint density at radius 2 is 1.93 bits per heavy atom. The number of para-hydroxylation sites is 1. The van der Waals surface area contributed by atoms with E-state index in [2.05, 4.69) is 16.3 Å². The second kappa shape index (κ2) is 9.20. The highest BCUT2D eigenvalue weighted by molar-refractivity contribution is 7.99. The number of benzene rings is 2. The Bertz CT molecular complexity index is 991. The molecule has 3 rings (SSSR count). The Balaban J connectivity index is 1.75. The molecule has 1 aromatic heterocycles. The maximum absolute atomic E-state index is 12.9. The molecule has 0 spiro atoms. The van der Waals surface area contributed by atoms with Gasteiger partial charge in [0.15, 0.2) is 5.16 Å². The third-order valence-corrected chi connectivity index (χ3v) is 5.24. The van der Waals surface area contributed by atoms with Crippen molar-refractivity contribution in [3.05, 3.63) is 66.0 Å². The molecule has 0 fully saturated rings. The van der Waals surface area contributed by atoms with Crippen LogP contribution in [0.2, 0.25) is 0 Å². The van der Waals surface area contributed by atoms with Gasteiger partial charge in [0.05, 0.1) is 23.9 Å². The third kappa shape index (κ3) is 4.59. The van der Waals surface area contributed by atoms with E-state index in [1.165, 1.54) is 11.8 Å². The van der Waals surface area contributed by atoms with Crippen LogP contribution >= 0.6 is 11.8 Å². The average molecular weight is 392 g/mol. The fourth-order valence-electron chi connectivity index (χ4n) is 2.81. The molecule has 142 valence electrons. The van der Waals surface area contributed by atoms with Gasteiger partial charge >= 0.3 is 0 Å². The first-order valence-corrected chi connectivity index (χ1v) is 9.91. The second-order valence-corrected chi connectivity index (χ2v) is 7.29. The fourth-order valence-corrected chi connectivity index (χ4v) is 3.61. The summed E-state index contributed by atoms with van der Waals surface area (Å²) in [6.07, 6.45) is 1.94. The standard InChI is InChI=1S/C21H21N5OS/c1-16-8-10-18(11-9-16)25(13-5-12-22)20(27)14-28-21-24-23-15-26(21)19-7-4-3-6-17(19)2/h3-4,6-11,15H,5,13-14H2,1-2H3. The highest BCUT2D eigenvalue weighted by Crippen LogP contribution is 2.23. The summed E-state index contributed by atoms with van der Waals surface area (Å²) in [6.45, 7) is 4.39. The van der Waals surface area contributed by atoms with E-state index in [0.29, 0.717) is 11.7 Å². The van der Waals surface area contributed by atoms with Crippen LogP contribution in [-0.2, 0) is 4.79 Å². The van der Waals surface area contributed by atoms with Crippen LogP contribution in [0.3, 0.4) is 0 Å². The van der Waals surface area contributed by atoms with E-state index in [-0.39, 0.29) is 18.1 Å². The van der Waals surface area contributed by atoms with Crippen LogP contribution in [0.1, 0.15) is 17.5 Å². The zero-order chi connectivity index (χ0) is 19.9. The average Bonchev–Trinajstić information content (AvgIpc) is 3.16. The molecule has 0 radical (unpaired) electrons. The first kappa shape index (κ1) is 19.6. The van der Waals surface area contributed by atoms with Crippen molar-refractivity contribution in [2.24, 2.45) is 0 Å². The molecule has 1 amide bonds. The molecule has 0 saturated carbocycles. The third-order valence-electron chi connectivity index (χ3n) is 4.31. The van der Waals surface area contributed by atoms with Crippen molar-refractivity contribution >= 4 is 23.4 Å². The summed E-state index contributed by atoms with van der Waals surface area (Å²) < 4.78 is 1.89. The van der Waals surface area contributed by atoms with Gasteiger partial charge in [-0.3, -0.25) is 9.36 Å². The zero-order valence-electron chi connectivity index (χ0n) is 15.9. The number of aryl methyl sites for hydroxylation is 2. The largest absolute Gasteiger partial charge is 0.311 e. The monoisotopic (exact) mass is 391 g/mol. The number of carbonyl (C=O) groups excluding carboxylic acids is 1. The number of anilines is 1. The van der Waals surface area contributed by atoms with Gasteiger partial charge in [-0.05, 0) is 37.6 Å². The van der Waals surface area contributed by atoms with Crippen molar-refractivity contribution in [2.45, 2.75) is 25.4 Å². The van der Waals surface area contributed by atoms with E-state index >= 15 is 0 Å². The normalized spacial score (nSPS) is 10.5. The fraction of sp³-hybridized carbons (Fsp3) is 0.238. The number of nitrogens with zero attached hydrogens (tertiary/aromatic N) is 5. The molecule has 2 aromatic carbocycles. The Morgan fingerprint density at radius 1 is 1.18 bits per heavy atom. The summed E-state index contributed by atoms with van der Waals surface area (Å²) >= 11 is 1.34. The van der Waals surface area contributed by atoms with Gasteiger partial charge in [0.1, 0.15) is 6.33 Å². The number of rotatable bonds is 7. The zero-order valence-corrected chi connectivity index (χ0v) is 16.7. The Labute approximate surface area is 168 Å². The molecule has 0 aliphatic carbocycles. The summed E-state index contributed by atoms with van der Waals surface area (Å²) in [5, 5.41) is 17.8. The van der Waals surface area contributed by atoms with Crippen molar-refractivity contribution in [2.75, 3.05) is 17.2 Å². The van der Waals surface area contributed by atoms with Gasteiger partial charge < -0.3 is 4.90 Å². The smallest absolute Gasteiger partial charge is 0.237 e. The van der Waals surface area contributed by atoms with Crippen molar-refractivity contribution in [1.29, 1.82) is 5.26 Å². The minimum absolute atomic E-state index is 0.0663.